The molecule has 3 nitrogen and oxygen atoms in total. The van der Waals surface area contributed by atoms with Crippen LogP contribution in [0.5, 0.6) is 0 Å². The number of hydrogen-bond acceptors (Lipinski definition) is 3. The Morgan fingerprint density at radius 3 is 2.86 bits per heavy atom. The summed E-state index contributed by atoms with van der Waals surface area (Å²) in [7, 11) is 0. The van der Waals surface area contributed by atoms with Crippen molar-refractivity contribution in [1.82, 2.24) is 0 Å². The lowest BCUT2D eigenvalue weighted by Crippen LogP contribution is -2.57. The molecule has 0 aromatic carbocycles. The summed E-state index contributed by atoms with van der Waals surface area (Å²) in [6.07, 6.45) is 15.4. The number of fused-ring (bicyclic) bond motifs is 9. The highest BCUT2D eigenvalue weighted by molar-refractivity contribution is 5.91. The third-order valence-electron chi connectivity index (χ3n) is 9.78. The van der Waals surface area contributed by atoms with Crippen molar-refractivity contribution in [3.63, 3.8) is 0 Å². The molecule has 3 heteroatoms. The van der Waals surface area contributed by atoms with Crippen LogP contribution in [0.25, 0.3) is 0 Å². The van der Waals surface area contributed by atoms with E-state index in [1.54, 1.807) is 6.08 Å². The van der Waals surface area contributed by atoms with Gasteiger partial charge in [0, 0.05) is 23.8 Å². The molecule has 148 valence electrons. The number of carbonyl (C=O) groups excluding carboxylic acids is 2. The van der Waals surface area contributed by atoms with Crippen molar-refractivity contribution in [2.45, 2.75) is 57.5 Å². The predicted octanol–water partition coefficient (Wildman–Crippen LogP) is 4.64. The Morgan fingerprint density at radius 1 is 1.29 bits per heavy atom. The number of esters is 1. The van der Waals surface area contributed by atoms with Crippen LogP contribution >= 0.6 is 0 Å². The summed E-state index contributed by atoms with van der Waals surface area (Å²) < 4.78 is 6.16. The van der Waals surface area contributed by atoms with E-state index in [4.69, 9.17) is 4.74 Å². The van der Waals surface area contributed by atoms with E-state index in [0.717, 1.165) is 32.1 Å². The normalized spacial score (nSPS) is 53.0. The highest BCUT2D eigenvalue weighted by Gasteiger charge is 2.79. The SMILES string of the molecule is C=C[C@H]1CC2=CC(=O)CC[C@@H]2C2CC[C@@]3(CC)C(C21)[C@H]1C[C@H]1[C@@]31C=CC(=O)O1. The van der Waals surface area contributed by atoms with E-state index in [1.165, 1.54) is 18.4 Å². The molecule has 5 aliphatic carbocycles. The zero-order valence-corrected chi connectivity index (χ0v) is 16.7. The van der Waals surface area contributed by atoms with E-state index in [9.17, 15) is 9.59 Å². The van der Waals surface area contributed by atoms with Crippen molar-refractivity contribution in [3.05, 3.63) is 36.5 Å². The minimum absolute atomic E-state index is 0.0946. The van der Waals surface area contributed by atoms with E-state index in [-0.39, 0.29) is 17.0 Å². The molecule has 0 saturated heterocycles. The van der Waals surface area contributed by atoms with Crippen LogP contribution in [0.15, 0.2) is 36.5 Å². The number of rotatable bonds is 2. The fourth-order valence-electron chi connectivity index (χ4n) is 8.90. The van der Waals surface area contributed by atoms with Gasteiger partial charge in [-0.05, 0) is 86.2 Å². The molecule has 1 spiro atoms. The molecule has 9 atom stereocenters. The van der Waals surface area contributed by atoms with Crippen LogP contribution in [-0.2, 0) is 14.3 Å². The van der Waals surface area contributed by atoms with Crippen molar-refractivity contribution in [1.29, 1.82) is 0 Å². The summed E-state index contributed by atoms with van der Waals surface area (Å²) in [5.41, 5.74) is 1.15. The Balaban J connectivity index is 1.45. The van der Waals surface area contributed by atoms with Gasteiger partial charge in [0.05, 0.1) is 0 Å². The summed E-state index contributed by atoms with van der Waals surface area (Å²) in [4.78, 5) is 24.2. The minimum atomic E-state index is -0.344. The van der Waals surface area contributed by atoms with E-state index in [0.29, 0.717) is 47.2 Å². The van der Waals surface area contributed by atoms with E-state index >= 15 is 0 Å². The lowest BCUT2D eigenvalue weighted by Gasteiger charge is -2.59. The first-order chi connectivity index (χ1) is 13.5. The first kappa shape index (κ1) is 17.2. The van der Waals surface area contributed by atoms with Crippen molar-refractivity contribution in [2.75, 3.05) is 0 Å². The molecule has 6 rings (SSSR count). The topological polar surface area (TPSA) is 43.4 Å². The summed E-state index contributed by atoms with van der Waals surface area (Å²) in [6, 6.07) is 0. The average molecular weight is 379 g/mol. The highest BCUT2D eigenvalue weighted by atomic mass is 16.6. The largest absolute Gasteiger partial charge is 0.451 e. The fourth-order valence-corrected chi connectivity index (χ4v) is 8.90. The number of carbonyl (C=O) groups is 2. The van der Waals surface area contributed by atoms with Gasteiger partial charge >= 0.3 is 5.97 Å². The lowest BCUT2D eigenvalue weighted by molar-refractivity contribution is -0.173. The molecular weight excluding hydrogens is 348 g/mol. The van der Waals surface area contributed by atoms with Crippen molar-refractivity contribution in [2.24, 2.45) is 46.8 Å². The third-order valence-corrected chi connectivity index (χ3v) is 9.78. The molecule has 4 fully saturated rings. The van der Waals surface area contributed by atoms with Crippen molar-refractivity contribution < 1.29 is 14.3 Å². The molecule has 0 aromatic rings. The van der Waals surface area contributed by atoms with Crippen LogP contribution in [0.4, 0.5) is 0 Å². The molecule has 4 saturated carbocycles. The van der Waals surface area contributed by atoms with Gasteiger partial charge in [0.2, 0.25) is 0 Å². The number of ether oxygens (including phenoxy) is 1. The van der Waals surface area contributed by atoms with Gasteiger partial charge in [-0.15, -0.1) is 6.58 Å². The maximum Gasteiger partial charge on any atom is 0.331 e. The lowest BCUT2D eigenvalue weighted by atomic mass is 9.46. The Morgan fingerprint density at radius 2 is 2.14 bits per heavy atom. The van der Waals surface area contributed by atoms with Gasteiger partial charge in [0.1, 0.15) is 5.60 Å². The van der Waals surface area contributed by atoms with E-state index in [2.05, 4.69) is 25.7 Å². The summed E-state index contributed by atoms with van der Waals surface area (Å²) >= 11 is 0. The molecular formula is C25H30O3. The average Bonchev–Trinajstić information content (AvgIpc) is 3.34. The Hall–Kier alpha value is -1.64. The van der Waals surface area contributed by atoms with E-state index < -0.39 is 0 Å². The molecule has 3 unspecified atom stereocenters. The van der Waals surface area contributed by atoms with Gasteiger partial charge in [-0.3, -0.25) is 4.79 Å². The quantitative estimate of drug-likeness (QED) is 0.519. The van der Waals surface area contributed by atoms with Gasteiger partial charge in [-0.2, -0.15) is 0 Å². The van der Waals surface area contributed by atoms with Crippen LogP contribution in [0.1, 0.15) is 51.9 Å². The maximum absolute atomic E-state index is 12.2. The van der Waals surface area contributed by atoms with Crippen LogP contribution in [0.2, 0.25) is 0 Å². The second-order valence-corrected chi connectivity index (χ2v) is 10.3. The number of allylic oxidation sites excluding steroid dienone is 2. The molecule has 1 aliphatic heterocycles. The fraction of sp³-hybridized carbons (Fsp3) is 0.680. The second-order valence-electron chi connectivity index (χ2n) is 10.3. The Labute approximate surface area is 167 Å². The van der Waals surface area contributed by atoms with Gasteiger partial charge in [0.25, 0.3) is 0 Å². The summed E-state index contributed by atoms with van der Waals surface area (Å²) in [5, 5.41) is 0. The monoisotopic (exact) mass is 378 g/mol. The van der Waals surface area contributed by atoms with Gasteiger partial charge in [-0.25, -0.2) is 4.79 Å². The van der Waals surface area contributed by atoms with Crippen LogP contribution < -0.4 is 0 Å². The Bertz CT molecular complexity index is 837. The molecule has 0 radical (unpaired) electrons. The van der Waals surface area contributed by atoms with Crippen molar-refractivity contribution >= 4 is 11.8 Å². The number of hydrogen-bond donors (Lipinski definition) is 0. The van der Waals surface area contributed by atoms with Gasteiger partial charge < -0.3 is 4.74 Å². The van der Waals surface area contributed by atoms with Crippen molar-refractivity contribution in [3.8, 4) is 0 Å². The smallest absolute Gasteiger partial charge is 0.331 e. The van der Waals surface area contributed by atoms with Crippen LogP contribution in [0, 0.1) is 46.8 Å². The molecule has 6 aliphatic rings. The molecule has 0 bridgehead atoms. The Kier molecular flexibility index (Phi) is 3.38. The highest BCUT2D eigenvalue weighted by Crippen LogP contribution is 2.79. The zero-order valence-electron chi connectivity index (χ0n) is 16.7. The summed E-state index contributed by atoms with van der Waals surface area (Å²) in [5.74, 6) is 4.35. The van der Waals surface area contributed by atoms with Crippen LogP contribution in [0.3, 0.4) is 0 Å². The van der Waals surface area contributed by atoms with Gasteiger partial charge in [-0.1, -0.05) is 18.6 Å². The van der Waals surface area contributed by atoms with Gasteiger partial charge in [0.15, 0.2) is 5.78 Å². The zero-order chi connectivity index (χ0) is 19.3. The van der Waals surface area contributed by atoms with E-state index in [1.807, 2.05) is 6.08 Å². The molecule has 0 N–H and O–H groups in total. The standard InChI is InChI=1S/C25H30O3/c1-3-14-11-15-12-16(26)5-6-17(15)18-7-9-24(4-2)23(22(14)18)19-13-20(19)25(24)10-8-21(27)28-25/h3,8,10,12,14,17-20,22-23H,1,4-7,9,11,13H2,2H3/t14-,17-,18?,19-,20+,22?,23?,24-,25-/m0/s1. The molecule has 0 amide bonds. The minimum Gasteiger partial charge on any atom is -0.451 e. The maximum atomic E-state index is 12.2. The first-order valence-corrected chi connectivity index (χ1v) is 11.3. The first-order valence-electron chi connectivity index (χ1n) is 11.3. The predicted molar refractivity (Wildman–Crippen MR) is 106 cm³/mol. The molecule has 28 heavy (non-hydrogen) atoms. The number of ketones is 1. The second kappa shape index (κ2) is 5.49. The third kappa shape index (κ3) is 1.87. The molecule has 0 aromatic heterocycles. The van der Waals surface area contributed by atoms with Crippen LogP contribution in [-0.4, -0.2) is 17.4 Å². The summed E-state index contributed by atoms with van der Waals surface area (Å²) in [6.45, 7) is 6.54. The molecule has 1 heterocycles.